The van der Waals surface area contributed by atoms with E-state index in [0.29, 0.717) is 18.5 Å². The Morgan fingerprint density at radius 2 is 1.93 bits per heavy atom. The van der Waals surface area contributed by atoms with E-state index in [4.69, 9.17) is 4.98 Å². The molecule has 6 nitrogen and oxygen atoms in total. The van der Waals surface area contributed by atoms with Gasteiger partial charge in [-0.05, 0) is 70.5 Å². The second-order valence-electron chi connectivity index (χ2n) is 8.86. The largest absolute Gasteiger partial charge is 0.395 e. The molecule has 1 saturated carbocycles. The molecule has 2 heterocycles. The summed E-state index contributed by atoms with van der Waals surface area (Å²) in [4.78, 5) is 28.6. The first-order valence-electron chi connectivity index (χ1n) is 10.8. The van der Waals surface area contributed by atoms with Crippen LogP contribution in [0.5, 0.6) is 0 Å². The first-order valence-corrected chi connectivity index (χ1v) is 11.6. The van der Waals surface area contributed by atoms with Gasteiger partial charge in [-0.3, -0.25) is 4.79 Å². The van der Waals surface area contributed by atoms with Crippen LogP contribution in [-0.2, 0) is 17.6 Å². The molecule has 0 radical (unpaired) electrons. The fourth-order valence-corrected chi connectivity index (χ4v) is 6.34. The first kappa shape index (κ1) is 20.7. The Kier molecular flexibility index (Phi) is 6.18. The van der Waals surface area contributed by atoms with Gasteiger partial charge in [-0.1, -0.05) is 0 Å². The molecule has 0 aromatic carbocycles. The van der Waals surface area contributed by atoms with Gasteiger partial charge in [0.25, 0.3) is 0 Å². The molecule has 1 fully saturated rings. The number of fused-ring (bicyclic) bond motifs is 3. The van der Waals surface area contributed by atoms with Crippen molar-refractivity contribution in [3.63, 3.8) is 0 Å². The molecule has 2 aromatic heterocycles. The monoisotopic (exact) mass is 416 g/mol. The maximum absolute atomic E-state index is 13.0. The molecule has 0 spiro atoms. The first-order chi connectivity index (χ1) is 14.0. The van der Waals surface area contributed by atoms with Crippen LogP contribution in [0.25, 0.3) is 10.2 Å². The smallest absolute Gasteiger partial charge is 0.230 e. The van der Waals surface area contributed by atoms with E-state index in [-0.39, 0.29) is 18.4 Å². The lowest BCUT2D eigenvalue weighted by atomic mass is 9.82. The molecule has 0 aliphatic heterocycles. The summed E-state index contributed by atoms with van der Waals surface area (Å²) in [6, 6.07) is 0.700. The van der Waals surface area contributed by atoms with Crippen molar-refractivity contribution in [2.75, 3.05) is 34.3 Å². The number of aryl methyl sites for hydroxylation is 1. The predicted octanol–water partition coefficient (Wildman–Crippen LogP) is 2.83. The highest BCUT2D eigenvalue weighted by atomic mass is 32.1. The molecule has 2 aliphatic carbocycles. The van der Waals surface area contributed by atoms with Crippen LogP contribution in [-0.4, -0.2) is 71.1 Å². The van der Waals surface area contributed by atoms with Crippen molar-refractivity contribution in [1.82, 2.24) is 19.8 Å². The number of thiophene rings is 1. The molecule has 2 aliphatic rings. The zero-order valence-corrected chi connectivity index (χ0v) is 18.5. The molecule has 4 rings (SSSR count). The van der Waals surface area contributed by atoms with Crippen LogP contribution in [0.2, 0.25) is 0 Å². The summed E-state index contributed by atoms with van der Waals surface area (Å²) in [5, 5.41) is 10.4. The Morgan fingerprint density at radius 3 is 2.62 bits per heavy atom. The van der Waals surface area contributed by atoms with Gasteiger partial charge in [0, 0.05) is 29.9 Å². The summed E-state index contributed by atoms with van der Waals surface area (Å²) in [5.74, 6) is 0.649. The lowest BCUT2D eigenvalue weighted by Crippen LogP contribution is -2.33. The normalized spacial score (nSPS) is 24.2. The van der Waals surface area contributed by atoms with Gasteiger partial charge in [-0.2, -0.15) is 0 Å². The maximum atomic E-state index is 13.0. The molecule has 1 N–H and O–H groups in total. The minimum Gasteiger partial charge on any atom is -0.395 e. The molecule has 0 bridgehead atoms. The highest BCUT2D eigenvalue weighted by Crippen LogP contribution is 2.45. The number of aromatic nitrogens is 2. The summed E-state index contributed by atoms with van der Waals surface area (Å²) in [7, 11) is 6.14. The zero-order valence-electron chi connectivity index (χ0n) is 17.7. The molecule has 7 heteroatoms. The van der Waals surface area contributed by atoms with E-state index in [9.17, 15) is 9.90 Å². The average Bonchev–Trinajstić information content (AvgIpc) is 3.27. The fraction of sp³-hybridized carbons (Fsp3) is 0.682. The molecule has 29 heavy (non-hydrogen) atoms. The van der Waals surface area contributed by atoms with E-state index in [1.54, 1.807) is 29.6 Å². The number of rotatable bonds is 6. The third kappa shape index (κ3) is 4.05. The van der Waals surface area contributed by atoms with E-state index in [0.717, 1.165) is 35.2 Å². The lowest BCUT2D eigenvalue weighted by Gasteiger charge is -2.32. The van der Waals surface area contributed by atoms with E-state index >= 15 is 0 Å². The van der Waals surface area contributed by atoms with Gasteiger partial charge in [-0.25, -0.2) is 9.97 Å². The SMILES string of the molecule is CN(CCO)C(=O)C1CCc2sc3ncnc(C[C@H]4CC[C@H](N(C)C)CC4)c3c21. The second-order valence-corrected chi connectivity index (χ2v) is 9.94. The van der Waals surface area contributed by atoms with Gasteiger partial charge in [0.2, 0.25) is 5.91 Å². The number of nitrogens with zero attached hydrogens (tertiary/aromatic N) is 4. The maximum Gasteiger partial charge on any atom is 0.230 e. The van der Waals surface area contributed by atoms with Crippen molar-refractivity contribution in [1.29, 1.82) is 0 Å². The predicted molar refractivity (Wildman–Crippen MR) is 116 cm³/mol. The van der Waals surface area contributed by atoms with Crippen LogP contribution in [0.15, 0.2) is 6.33 Å². The quantitative estimate of drug-likeness (QED) is 0.784. The number of likely N-dealkylation sites (N-methyl/N-ethyl adjacent to an activating group) is 1. The van der Waals surface area contributed by atoms with E-state index in [2.05, 4.69) is 24.0 Å². The Bertz CT molecular complexity index is 873. The highest BCUT2D eigenvalue weighted by molar-refractivity contribution is 7.19. The third-order valence-electron chi connectivity index (χ3n) is 6.83. The highest BCUT2D eigenvalue weighted by Gasteiger charge is 2.35. The Balaban J connectivity index is 1.60. The number of carbonyl (C=O) groups excluding carboxylic acids is 1. The molecule has 158 valence electrons. The van der Waals surface area contributed by atoms with E-state index < -0.39 is 0 Å². The Morgan fingerprint density at radius 1 is 1.17 bits per heavy atom. The summed E-state index contributed by atoms with van der Waals surface area (Å²) < 4.78 is 0. The van der Waals surface area contributed by atoms with Crippen molar-refractivity contribution in [2.24, 2.45) is 5.92 Å². The lowest BCUT2D eigenvalue weighted by molar-refractivity contribution is -0.131. The molecule has 0 saturated heterocycles. The van der Waals surface area contributed by atoms with Gasteiger partial charge in [0.1, 0.15) is 11.2 Å². The van der Waals surface area contributed by atoms with Gasteiger partial charge >= 0.3 is 0 Å². The van der Waals surface area contributed by atoms with Crippen molar-refractivity contribution in [2.45, 2.75) is 56.9 Å². The van der Waals surface area contributed by atoms with Crippen molar-refractivity contribution < 1.29 is 9.90 Å². The standard InChI is InChI=1S/C22H32N4O2S/c1-25(2)15-6-4-14(5-7-15)12-17-20-19-16(22(28)26(3)10-11-27)8-9-18(19)29-21(20)24-13-23-17/h13-16,27H,4-12H2,1-3H3/t14-,15-,16?. The van der Waals surface area contributed by atoms with Crippen molar-refractivity contribution in [3.8, 4) is 0 Å². The number of amides is 1. The van der Waals surface area contributed by atoms with E-state index in [1.807, 2.05) is 0 Å². The molecule has 1 unspecified atom stereocenters. The summed E-state index contributed by atoms with van der Waals surface area (Å²) in [6.07, 6.45) is 9.45. The Hall–Kier alpha value is -1.57. The number of aliphatic hydroxyl groups is 1. The van der Waals surface area contributed by atoms with Crippen LogP contribution < -0.4 is 0 Å². The fourth-order valence-electron chi connectivity index (χ4n) is 5.10. The van der Waals surface area contributed by atoms with Gasteiger partial charge in [0.05, 0.1) is 18.2 Å². The number of hydrogen-bond donors (Lipinski definition) is 1. The average molecular weight is 417 g/mol. The number of hydrogen-bond acceptors (Lipinski definition) is 6. The molecular weight excluding hydrogens is 384 g/mol. The van der Waals surface area contributed by atoms with Crippen LogP contribution in [0, 0.1) is 5.92 Å². The zero-order chi connectivity index (χ0) is 20.5. The van der Waals surface area contributed by atoms with Crippen LogP contribution in [0.4, 0.5) is 0 Å². The number of aliphatic hydroxyl groups excluding tert-OH is 1. The molecule has 1 atom stereocenters. The third-order valence-corrected chi connectivity index (χ3v) is 8.00. The number of carbonyl (C=O) groups is 1. The van der Waals surface area contributed by atoms with E-state index in [1.165, 1.54) is 36.1 Å². The minimum absolute atomic E-state index is 0.00378. The molecule has 1 amide bonds. The summed E-state index contributed by atoms with van der Waals surface area (Å²) in [6.45, 7) is 0.376. The molecular formula is C22H32N4O2S. The summed E-state index contributed by atoms with van der Waals surface area (Å²) >= 11 is 1.74. The van der Waals surface area contributed by atoms with Gasteiger partial charge in [0.15, 0.2) is 0 Å². The van der Waals surface area contributed by atoms with Crippen LogP contribution in [0.3, 0.4) is 0 Å². The molecule has 2 aromatic rings. The Labute approximate surface area is 176 Å². The van der Waals surface area contributed by atoms with Crippen LogP contribution >= 0.6 is 11.3 Å². The van der Waals surface area contributed by atoms with Gasteiger partial charge in [-0.15, -0.1) is 11.3 Å². The van der Waals surface area contributed by atoms with Crippen LogP contribution in [0.1, 0.15) is 54.2 Å². The second kappa shape index (κ2) is 8.66. The van der Waals surface area contributed by atoms with Gasteiger partial charge < -0.3 is 14.9 Å². The summed E-state index contributed by atoms with van der Waals surface area (Å²) in [5.41, 5.74) is 2.31. The minimum atomic E-state index is -0.121. The topological polar surface area (TPSA) is 69.6 Å². The van der Waals surface area contributed by atoms with Crippen molar-refractivity contribution in [3.05, 3.63) is 22.5 Å². The van der Waals surface area contributed by atoms with Crippen molar-refractivity contribution >= 4 is 27.5 Å².